The Labute approximate surface area is 125 Å². The lowest BCUT2D eigenvalue weighted by Crippen LogP contribution is -2.38. The van der Waals surface area contributed by atoms with E-state index in [4.69, 9.17) is 9.84 Å². The summed E-state index contributed by atoms with van der Waals surface area (Å²) in [5, 5.41) is 18.6. The molecule has 0 aromatic carbocycles. The predicted molar refractivity (Wildman–Crippen MR) is 75.3 cm³/mol. The molecule has 1 fully saturated rings. The Bertz CT molecular complexity index is 760. The van der Waals surface area contributed by atoms with Crippen LogP contribution in [0.25, 0.3) is 5.78 Å². The fraction of sp³-hybridized carbons (Fsp3) is 0.462. The second kappa shape index (κ2) is 5.78. The third-order valence-electron chi connectivity index (χ3n) is 3.69. The van der Waals surface area contributed by atoms with Gasteiger partial charge in [-0.3, -0.25) is 9.69 Å². The van der Waals surface area contributed by atoms with Gasteiger partial charge in [0.1, 0.15) is 0 Å². The molecule has 0 atom stereocenters. The number of carboxylic acid groups (broad SMARTS) is 1. The third kappa shape index (κ3) is 2.55. The monoisotopic (exact) mass is 308 g/mol. The first kappa shape index (κ1) is 14.5. The van der Waals surface area contributed by atoms with Crippen molar-refractivity contribution >= 4 is 11.7 Å². The average Bonchev–Trinajstić information content (AvgIpc) is 2.92. The highest BCUT2D eigenvalue weighted by Gasteiger charge is 2.19. The van der Waals surface area contributed by atoms with Gasteiger partial charge in [-0.15, -0.1) is 0 Å². The van der Waals surface area contributed by atoms with Crippen molar-refractivity contribution in [3.63, 3.8) is 0 Å². The van der Waals surface area contributed by atoms with Crippen molar-refractivity contribution in [1.29, 1.82) is 0 Å². The molecule has 22 heavy (non-hydrogen) atoms. The number of carbonyl (C=O) groups is 1. The number of ether oxygens (including phenoxy) is 1. The van der Waals surface area contributed by atoms with E-state index < -0.39 is 23.0 Å². The molecule has 2 aromatic heterocycles. The molecule has 2 aromatic rings. The number of carboxylic acids is 1. The molecular weight excluding hydrogens is 292 g/mol. The summed E-state index contributed by atoms with van der Waals surface area (Å²) < 4.78 is 8.12. The van der Waals surface area contributed by atoms with E-state index in [1.54, 1.807) is 10.8 Å². The highest BCUT2D eigenvalue weighted by atomic mass is 16.5. The number of hydrogen-bond acceptors (Lipinski definition) is 6. The van der Waals surface area contributed by atoms with Gasteiger partial charge in [-0.1, -0.05) is 0 Å². The van der Waals surface area contributed by atoms with Crippen LogP contribution in [0.5, 0.6) is 5.75 Å². The van der Waals surface area contributed by atoms with Gasteiger partial charge in [-0.2, -0.15) is 0 Å². The van der Waals surface area contributed by atoms with E-state index in [1.165, 1.54) is 6.20 Å². The second-order valence-corrected chi connectivity index (χ2v) is 5.03. The molecule has 9 heteroatoms. The summed E-state index contributed by atoms with van der Waals surface area (Å²) in [5.41, 5.74) is -1.41. The normalized spacial score (nSPS) is 16.2. The number of aromatic nitrogens is 3. The van der Waals surface area contributed by atoms with Crippen LogP contribution in [0.2, 0.25) is 0 Å². The molecule has 1 aliphatic heterocycles. The predicted octanol–water partition coefficient (Wildman–Crippen LogP) is -0.768. The Balaban J connectivity index is 1.90. The number of aromatic carboxylic acids is 1. The lowest BCUT2D eigenvalue weighted by molar-refractivity contribution is 0.0365. The first-order valence-electron chi connectivity index (χ1n) is 6.92. The minimum absolute atomic E-state index is 0.202. The van der Waals surface area contributed by atoms with Gasteiger partial charge in [0, 0.05) is 38.6 Å². The number of aromatic hydroxyl groups is 1. The molecule has 1 aliphatic rings. The minimum Gasteiger partial charge on any atom is -0.501 e. The molecule has 0 unspecified atom stereocenters. The average molecular weight is 308 g/mol. The van der Waals surface area contributed by atoms with E-state index in [0.29, 0.717) is 19.8 Å². The number of nitrogens with zero attached hydrogens (tertiary/aromatic N) is 4. The first-order chi connectivity index (χ1) is 10.6. The fourth-order valence-electron chi connectivity index (χ4n) is 2.46. The molecule has 3 rings (SSSR count). The molecule has 118 valence electrons. The van der Waals surface area contributed by atoms with Crippen LogP contribution in [0, 0.1) is 0 Å². The summed E-state index contributed by atoms with van der Waals surface area (Å²) in [6.45, 7) is 4.38. The van der Waals surface area contributed by atoms with Gasteiger partial charge < -0.3 is 19.5 Å². The SMILES string of the molecule is O=C(O)c1nc2n(CCN3CCOCC3)ccn2c(=O)c1O. The molecule has 0 bridgehead atoms. The van der Waals surface area contributed by atoms with Gasteiger partial charge in [0.05, 0.1) is 13.2 Å². The van der Waals surface area contributed by atoms with E-state index in [-0.39, 0.29) is 5.78 Å². The Kier molecular flexibility index (Phi) is 3.82. The van der Waals surface area contributed by atoms with Gasteiger partial charge in [0.15, 0.2) is 5.69 Å². The van der Waals surface area contributed by atoms with Crippen LogP contribution < -0.4 is 5.56 Å². The summed E-state index contributed by atoms with van der Waals surface area (Å²) in [5.74, 6) is -2.08. The van der Waals surface area contributed by atoms with Crippen molar-refractivity contribution in [3.8, 4) is 5.75 Å². The lowest BCUT2D eigenvalue weighted by Gasteiger charge is -2.26. The van der Waals surface area contributed by atoms with Crippen molar-refractivity contribution in [2.45, 2.75) is 6.54 Å². The van der Waals surface area contributed by atoms with E-state index in [2.05, 4.69) is 9.88 Å². The summed E-state index contributed by atoms with van der Waals surface area (Å²) in [6.07, 6.45) is 3.12. The highest BCUT2D eigenvalue weighted by Crippen LogP contribution is 2.11. The minimum atomic E-state index is -1.43. The molecule has 3 heterocycles. The van der Waals surface area contributed by atoms with Crippen molar-refractivity contribution < 1.29 is 19.7 Å². The number of hydrogen-bond donors (Lipinski definition) is 2. The quantitative estimate of drug-likeness (QED) is 0.763. The zero-order chi connectivity index (χ0) is 15.7. The largest absolute Gasteiger partial charge is 0.501 e. The Morgan fingerprint density at radius 3 is 2.68 bits per heavy atom. The maximum absolute atomic E-state index is 11.9. The first-order valence-corrected chi connectivity index (χ1v) is 6.92. The smallest absolute Gasteiger partial charge is 0.358 e. The zero-order valence-corrected chi connectivity index (χ0v) is 11.8. The van der Waals surface area contributed by atoms with Gasteiger partial charge in [-0.05, 0) is 0 Å². The van der Waals surface area contributed by atoms with Gasteiger partial charge in [-0.25, -0.2) is 14.2 Å². The third-order valence-corrected chi connectivity index (χ3v) is 3.69. The topological polar surface area (TPSA) is 109 Å². The number of imidazole rings is 1. The van der Waals surface area contributed by atoms with Crippen molar-refractivity contribution in [2.24, 2.45) is 0 Å². The Morgan fingerprint density at radius 1 is 1.27 bits per heavy atom. The zero-order valence-electron chi connectivity index (χ0n) is 11.8. The van der Waals surface area contributed by atoms with Crippen molar-refractivity contribution in [2.75, 3.05) is 32.8 Å². The van der Waals surface area contributed by atoms with Crippen LogP contribution >= 0.6 is 0 Å². The maximum Gasteiger partial charge on any atom is 0.358 e. The van der Waals surface area contributed by atoms with Crippen molar-refractivity contribution in [3.05, 3.63) is 28.4 Å². The molecule has 0 amide bonds. The molecule has 0 saturated carbocycles. The molecule has 0 spiro atoms. The van der Waals surface area contributed by atoms with Crippen LogP contribution in [0.3, 0.4) is 0 Å². The molecule has 0 aliphatic carbocycles. The van der Waals surface area contributed by atoms with Gasteiger partial charge >= 0.3 is 11.5 Å². The molecule has 0 radical (unpaired) electrons. The molecule has 9 nitrogen and oxygen atoms in total. The lowest BCUT2D eigenvalue weighted by atomic mass is 10.4. The standard InChI is InChI=1S/C13H16N4O5/c18-10-9(12(20)21)14-13-16(3-4-17(13)11(10)19)2-1-15-5-7-22-8-6-15/h3-4,18H,1-2,5-8H2,(H,20,21). The van der Waals surface area contributed by atoms with Crippen LogP contribution in [-0.2, 0) is 11.3 Å². The highest BCUT2D eigenvalue weighted by molar-refractivity contribution is 5.88. The van der Waals surface area contributed by atoms with Crippen LogP contribution in [0.1, 0.15) is 10.5 Å². The number of rotatable bonds is 4. The molecule has 1 saturated heterocycles. The maximum atomic E-state index is 11.9. The Morgan fingerprint density at radius 2 is 2.00 bits per heavy atom. The summed E-state index contributed by atoms with van der Waals surface area (Å²) in [7, 11) is 0. The molecular formula is C13H16N4O5. The van der Waals surface area contributed by atoms with Crippen LogP contribution in [-0.4, -0.2) is 67.9 Å². The van der Waals surface area contributed by atoms with E-state index in [9.17, 15) is 14.7 Å². The van der Waals surface area contributed by atoms with Crippen LogP contribution in [0.4, 0.5) is 0 Å². The van der Waals surface area contributed by atoms with Crippen molar-refractivity contribution in [1.82, 2.24) is 18.9 Å². The van der Waals surface area contributed by atoms with E-state index >= 15 is 0 Å². The summed E-state index contributed by atoms with van der Waals surface area (Å²) in [6, 6.07) is 0. The summed E-state index contributed by atoms with van der Waals surface area (Å²) in [4.78, 5) is 29.1. The fourth-order valence-corrected chi connectivity index (χ4v) is 2.46. The second-order valence-electron chi connectivity index (χ2n) is 5.03. The molecule has 2 N–H and O–H groups in total. The van der Waals surface area contributed by atoms with E-state index in [1.807, 2.05) is 0 Å². The number of morpholine rings is 1. The van der Waals surface area contributed by atoms with Gasteiger partial charge in [0.2, 0.25) is 11.5 Å². The Hall–Kier alpha value is -2.39. The summed E-state index contributed by atoms with van der Waals surface area (Å²) >= 11 is 0. The number of fused-ring (bicyclic) bond motifs is 1. The van der Waals surface area contributed by atoms with Crippen LogP contribution in [0.15, 0.2) is 17.2 Å². The van der Waals surface area contributed by atoms with E-state index in [0.717, 1.165) is 24.0 Å². The van der Waals surface area contributed by atoms with Gasteiger partial charge in [0.25, 0.3) is 0 Å².